The normalized spacial score (nSPS) is 24.2. The number of esters is 1. The molecular weight excluding hydrogens is 130 g/mol. The van der Waals surface area contributed by atoms with Crippen LogP contribution in [0.5, 0.6) is 0 Å². The zero-order chi connectivity index (χ0) is 7.40. The molecule has 3 nitrogen and oxygen atoms in total. The molecule has 1 heterocycles. The second-order valence-corrected chi connectivity index (χ2v) is 2.14. The Morgan fingerprint density at radius 3 is 3.10 bits per heavy atom. The summed E-state index contributed by atoms with van der Waals surface area (Å²) in [7, 11) is 0. The van der Waals surface area contributed by atoms with Crippen LogP contribution in [0.15, 0.2) is 12.7 Å². The van der Waals surface area contributed by atoms with E-state index in [9.17, 15) is 4.79 Å². The highest BCUT2D eigenvalue weighted by Gasteiger charge is 2.17. The van der Waals surface area contributed by atoms with Gasteiger partial charge in [0, 0.05) is 19.0 Å². The average molecular weight is 140 g/mol. The summed E-state index contributed by atoms with van der Waals surface area (Å²) in [4.78, 5) is 10.6. The van der Waals surface area contributed by atoms with Crippen LogP contribution in [0.1, 0.15) is 12.8 Å². The van der Waals surface area contributed by atoms with Gasteiger partial charge in [0.15, 0.2) is 6.23 Å². The molecule has 1 aliphatic heterocycles. The maximum atomic E-state index is 10.6. The highest BCUT2D eigenvalue weighted by molar-refractivity contribution is 5.81. The van der Waals surface area contributed by atoms with Crippen LogP contribution >= 0.6 is 0 Å². The first kappa shape index (κ1) is 7.28. The molecule has 0 amide bonds. The number of carbonyl (C=O) groups is 1. The Hall–Kier alpha value is -0.830. The second kappa shape index (κ2) is 3.37. The molecule has 0 aliphatic carbocycles. The predicted octanol–water partition coefficient (Wildman–Crippen LogP) is 0.440. The maximum Gasteiger partial charge on any atom is 0.331 e. The van der Waals surface area contributed by atoms with Crippen molar-refractivity contribution in [2.75, 3.05) is 6.54 Å². The molecule has 0 aromatic heterocycles. The number of ether oxygens (including phenoxy) is 1. The van der Waals surface area contributed by atoms with E-state index in [0.29, 0.717) is 0 Å². The molecule has 55 valence electrons. The Balaban J connectivity index is 2.23. The molecular formula is C7H10NO2. The molecule has 1 aliphatic rings. The van der Waals surface area contributed by atoms with Gasteiger partial charge in [-0.3, -0.25) is 0 Å². The van der Waals surface area contributed by atoms with Crippen molar-refractivity contribution in [3.05, 3.63) is 12.7 Å². The lowest BCUT2D eigenvalue weighted by molar-refractivity contribution is -0.143. The Kier molecular flexibility index (Phi) is 2.45. The highest BCUT2D eigenvalue weighted by Crippen LogP contribution is 2.07. The average Bonchev–Trinajstić information content (AvgIpc) is 2.40. The maximum absolute atomic E-state index is 10.6. The molecule has 1 rings (SSSR count). The van der Waals surface area contributed by atoms with Crippen LogP contribution in [0, 0.1) is 0 Å². The number of nitrogens with zero attached hydrogens (tertiary/aromatic N) is 1. The number of hydrogen-bond acceptors (Lipinski definition) is 2. The summed E-state index contributed by atoms with van der Waals surface area (Å²) in [6.45, 7) is 4.10. The van der Waals surface area contributed by atoms with Crippen molar-refractivity contribution >= 4 is 5.97 Å². The van der Waals surface area contributed by atoms with Gasteiger partial charge in [0.2, 0.25) is 0 Å². The van der Waals surface area contributed by atoms with Crippen molar-refractivity contribution in [1.82, 2.24) is 5.32 Å². The van der Waals surface area contributed by atoms with Crippen LogP contribution in [-0.2, 0) is 9.53 Å². The minimum absolute atomic E-state index is 0.203. The first-order valence-corrected chi connectivity index (χ1v) is 3.32. The first-order chi connectivity index (χ1) is 4.83. The fourth-order valence-electron chi connectivity index (χ4n) is 0.871. The standard InChI is InChI=1S/C7H10NO2/c1-2-7(9)10-6-4-3-5-8-6/h2,6H,1,3-5H2. The highest BCUT2D eigenvalue weighted by atomic mass is 16.6. The summed E-state index contributed by atoms with van der Waals surface area (Å²) in [6.07, 6.45) is 2.84. The Bertz CT molecular complexity index is 139. The van der Waals surface area contributed by atoms with Crippen LogP contribution in [-0.4, -0.2) is 18.7 Å². The SMILES string of the molecule is C=CC(=O)OC1CCC[N]1. The Labute approximate surface area is 60.1 Å². The van der Waals surface area contributed by atoms with Crippen LogP contribution in [0.4, 0.5) is 0 Å². The van der Waals surface area contributed by atoms with E-state index in [2.05, 4.69) is 11.9 Å². The van der Waals surface area contributed by atoms with Crippen molar-refractivity contribution in [2.24, 2.45) is 0 Å². The summed E-state index contributed by atoms with van der Waals surface area (Å²) >= 11 is 0. The third kappa shape index (κ3) is 1.84. The van der Waals surface area contributed by atoms with Crippen molar-refractivity contribution in [3.8, 4) is 0 Å². The van der Waals surface area contributed by atoms with E-state index in [1.807, 2.05) is 0 Å². The topological polar surface area (TPSA) is 40.4 Å². The van der Waals surface area contributed by atoms with Gasteiger partial charge in [-0.25, -0.2) is 10.1 Å². The molecule has 3 heteroatoms. The predicted molar refractivity (Wildman–Crippen MR) is 36.3 cm³/mol. The van der Waals surface area contributed by atoms with Crippen LogP contribution in [0.2, 0.25) is 0 Å². The first-order valence-electron chi connectivity index (χ1n) is 3.32. The lowest BCUT2D eigenvalue weighted by Crippen LogP contribution is -2.20. The van der Waals surface area contributed by atoms with Gasteiger partial charge in [0.25, 0.3) is 0 Å². The molecule has 1 radical (unpaired) electrons. The monoisotopic (exact) mass is 140 g/mol. The molecule has 0 N–H and O–H groups in total. The van der Waals surface area contributed by atoms with Crippen LogP contribution in [0.25, 0.3) is 0 Å². The van der Waals surface area contributed by atoms with E-state index >= 15 is 0 Å². The zero-order valence-corrected chi connectivity index (χ0v) is 5.75. The molecule has 0 saturated carbocycles. The minimum Gasteiger partial charge on any atom is -0.442 e. The lowest BCUT2D eigenvalue weighted by atomic mass is 10.4. The van der Waals surface area contributed by atoms with Gasteiger partial charge < -0.3 is 4.74 Å². The third-order valence-corrected chi connectivity index (χ3v) is 1.36. The molecule has 0 aromatic carbocycles. The largest absolute Gasteiger partial charge is 0.442 e. The summed E-state index contributed by atoms with van der Waals surface area (Å²) in [5, 5.41) is 4.03. The molecule has 10 heavy (non-hydrogen) atoms. The summed E-state index contributed by atoms with van der Waals surface area (Å²) in [5.41, 5.74) is 0. The van der Waals surface area contributed by atoms with E-state index in [0.717, 1.165) is 25.5 Å². The zero-order valence-electron chi connectivity index (χ0n) is 5.75. The van der Waals surface area contributed by atoms with Gasteiger partial charge >= 0.3 is 5.97 Å². The molecule has 0 spiro atoms. The number of hydrogen-bond donors (Lipinski definition) is 0. The van der Waals surface area contributed by atoms with Crippen molar-refractivity contribution in [1.29, 1.82) is 0 Å². The number of carbonyl (C=O) groups excluding carboxylic acids is 1. The third-order valence-electron chi connectivity index (χ3n) is 1.36. The molecule has 1 unspecified atom stereocenters. The second-order valence-electron chi connectivity index (χ2n) is 2.14. The van der Waals surface area contributed by atoms with Crippen molar-refractivity contribution < 1.29 is 9.53 Å². The summed E-state index contributed by atoms with van der Waals surface area (Å²) in [6, 6.07) is 0. The fourth-order valence-corrected chi connectivity index (χ4v) is 0.871. The van der Waals surface area contributed by atoms with Crippen molar-refractivity contribution in [2.45, 2.75) is 19.1 Å². The smallest absolute Gasteiger partial charge is 0.331 e. The van der Waals surface area contributed by atoms with Crippen molar-refractivity contribution in [3.63, 3.8) is 0 Å². The molecule has 0 aromatic rings. The van der Waals surface area contributed by atoms with E-state index in [1.54, 1.807) is 0 Å². The van der Waals surface area contributed by atoms with E-state index < -0.39 is 0 Å². The quantitative estimate of drug-likeness (QED) is 0.412. The number of rotatable bonds is 2. The van der Waals surface area contributed by atoms with E-state index in [-0.39, 0.29) is 12.2 Å². The van der Waals surface area contributed by atoms with Gasteiger partial charge in [-0.05, 0) is 6.42 Å². The van der Waals surface area contributed by atoms with Gasteiger partial charge in [-0.2, -0.15) is 0 Å². The van der Waals surface area contributed by atoms with E-state index in [1.165, 1.54) is 0 Å². The van der Waals surface area contributed by atoms with Gasteiger partial charge in [0.1, 0.15) is 0 Å². The van der Waals surface area contributed by atoms with Gasteiger partial charge in [-0.1, -0.05) is 6.58 Å². The molecule has 1 fully saturated rings. The van der Waals surface area contributed by atoms with E-state index in [4.69, 9.17) is 4.74 Å². The lowest BCUT2D eigenvalue weighted by Gasteiger charge is -2.07. The van der Waals surface area contributed by atoms with Crippen LogP contribution in [0.3, 0.4) is 0 Å². The summed E-state index contributed by atoms with van der Waals surface area (Å²) < 4.78 is 4.84. The fraction of sp³-hybridized carbons (Fsp3) is 0.571. The van der Waals surface area contributed by atoms with Gasteiger partial charge in [-0.15, -0.1) is 0 Å². The van der Waals surface area contributed by atoms with Crippen LogP contribution < -0.4 is 5.32 Å². The molecule has 1 saturated heterocycles. The summed E-state index contributed by atoms with van der Waals surface area (Å²) in [5.74, 6) is -0.379. The Morgan fingerprint density at radius 1 is 1.80 bits per heavy atom. The molecule has 1 atom stereocenters. The molecule has 0 bridgehead atoms. The minimum atomic E-state index is -0.379. The Morgan fingerprint density at radius 2 is 2.60 bits per heavy atom. The van der Waals surface area contributed by atoms with Gasteiger partial charge in [0.05, 0.1) is 0 Å².